The van der Waals surface area contributed by atoms with E-state index in [4.69, 9.17) is 9.26 Å². The van der Waals surface area contributed by atoms with Crippen molar-refractivity contribution in [2.45, 2.75) is 26.5 Å². The standard InChI is InChI=1S/C8H12N2O3/c1-6(2)12-8(11)9-5-7-3-4-10-13-7/h3-4,6H,5H2,1-2H3,(H,9,11). The summed E-state index contributed by atoms with van der Waals surface area (Å²) in [7, 11) is 0. The van der Waals surface area contributed by atoms with E-state index in [1.807, 2.05) is 0 Å². The molecule has 5 nitrogen and oxygen atoms in total. The van der Waals surface area contributed by atoms with Crippen LogP contribution in [0, 0.1) is 0 Å². The Kier molecular flexibility index (Phi) is 3.31. The SMILES string of the molecule is CC(C)OC(=O)NCc1ccno1. The first-order valence-corrected chi connectivity index (χ1v) is 4.02. The molecule has 1 N–H and O–H groups in total. The number of rotatable bonds is 3. The summed E-state index contributed by atoms with van der Waals surface area (Å²) < 4.78 is 9.60. The summed E-state index contributed by atoms with van der Waals surface area (Å²) in [5, 5.41) is 6.02. The van der Waals surface area contributed by atoms with Crippen LogP contribution in [0.5, 0.6) is 0 Å². The fourth-order valence-electron chi connectivity index (χ4n) is 0.748. The van der Waals surface area contributed by atoms with E-state index < -0.39 is 6.09 Å². The first kappa shape index (κ1) is 9.57. The van der Waals surface area contributed by atoms with E-state index in [0.29, 0.717) is 12.3 Å². The Morgan fingerprint density at radius 2 is 2.54 bits per heavy atom. The van der Waals surface area contributed by atoms with E-state index in [2.05, 4.69) is 10.5 Å². The van der Waals surface area contributed by atoms with Gasteiger partial charge in [-0.05, 0) is 13.8 Å². The molecular formula is C8H12N2O3. The minimum absolute atomic E-state index is 0.116. The number of carbonyl (C=O) groups excluding carboxylic acids is 1. The molecule has 1 aromatic heterocycles. The van der Waals surface area contributed by atoms with Gasteiger partial charge in [0.25, 0.3) is 0 Å². The molecule has 0 unspecified atom stereocenters. The van der Waals surface area contributed by atoms with Crippen molar-refractivity contribution in [1.29, 1.82) is 0 Å². The predicted molar refractivity (Wildman–Crippen MR) is 45.0 cm³/mol. The van der Waals surface area contributed by atoms with Crippen molar-refractivity contribution in [3.05, 3.63) is 18.0 Å². The molecule has 0 aliphatic carbocycles. The maximum atomic E-state index is 11.0. The predicted octanol–water partition coefficient (Wildman–Crippen LogP) is 1.31. The highest BCUT2D eigenvalue weighted by atomic mass is 16.6. The van der Waals surface area contributed by atoms with Gasteiger partial charge in [0.15, 0.2) is 5.76 Å². The van der Waals surface area contributed by atoms with Gasteiger partial charge in [0.1, 0.15) is 0 Å². The average Bonchev–Trinajstić information content (AvgIpc) is 2.51. The van der Waals surface area contributed by atoms with Gasteiger partial charge in [-0.15, -0.1) is 0 Å². The van der Waals surface area contributed by atoms with Gasteiger partial charge < -0.3 is 14.6 Å². The van der Waals surface area contributed by atoms with Crippen molar-refractivity contribution in [2.24, 2.45) is 0 Å². The van der Waals surface area contributed by atoms with E-state index in [-0.39, 0.29) is 6.10 Å². The van der Waals surface area contributed by atoms with Crippen LogP contribution in [-0.4, -0.2) is 17.4 Å². The Balaban J connectivity index is 2.23. The number of ether oxygens (including phenoxy) is 1. The number of alkyl carbamates (subject to hydrolysis) is 1. The van der Waals surface area contributed by atoms with Crippen LogP contribution in [0.1, 0.15) is 19.6 Å². The summed E-state index contributed by atoms with van der Waals surface area (Å²) >= 11 is 0. The quantitative estimate of drug-likeness (QED) is 0.769. The van der Waals surface area contributed by atoms with Crippen molar-refractivity contribution in [3.63, 3.8) is 0 Å². The van der Waals surface area contributed by atoms with Crippen LogP contribution < -0.4 is 5.32 Å². The highest BCUT2D eigenvalue weighted by molar-refractivity contribution is 5.67. The van der Waals surface area contributed by atoms with Crippen molar-refractivity contribution >= 4 is 6.09 Å². The minimum atomic E-state index is -0.452. The molecule has 1 heterocycles. The van der Waals surface area contributed by atoms with E-state index in [1.165, 1.54) is 6.20 Å². The van der Waals surface area contributed by atoms with Crippen LogP contribution in [0.2, 0.25) is 0 Å². The normalized spacial score (nSPS) is 10.1. The molecule has 0 radical (unpaired) electrons. The number of aromatic nitrogens is 1. The molecule has 0 spiro atoms. The third kappa shape index (κ3) is 3.59. The maximum Gasteiger partial charge on any atom is 0.407 e. The lowest BCUT2D eigenvalue weighted by Crippen LogP contribution is -2.26. The zero-order valence-electron chi connectivity index (χ0n) is 7.61. The molecule has 1 amide bonds. The lowest BCUT2D eigenvalue weighted by Gasteiger charge is -2.07. The fourth-order valence-corrected chi connectivity index (χ4v) is 0.748. The first-order valence-electron chi connectivity index (χ1n) is 4.02. The number of amides is 1. The second-order valence-corrected chi connectivity index (χ2v) is 2.79. The van der Waals surface area contributed by atoms with Gasteiger partial charge in [-0.3, -0.25) is 0 Å². The van der Waals surface area contributed by atoms with Crippen LogP contribution in [0.15, 0.2) is 16.8 Å². The number of hydrogen-bond donors (Lipinski definition) is 1. The zero-order valence-corrected chi connectivity index (χ0v) is 7.61. The molecule has 0 atom stereocenters. The Bertz CT molecular complexity index is 256. The summed E-state index contributed by atoms with van der Waals surface area (Å²) in [6.45, 7) is 3.87. The molecule has 72 valence electrons. The molecule has 0 aliphatic rings. The fraction of sp³-hybridized carbons (Fsp3) is 0.500. The van der Waals surface area contributed by atoms with E-state index in [9.17, 15) is 4.79 Å². The van der Waals surface area contributed by atoms with Crippen LogP contribution >= 0.6 is 0 Å². The summed E-state index contributed by atoms with van der Waals surface area (Å²) in [5.74, 6) is 0.598. The van der Waals surface area contributed by atoms with E-state index in [0.717, 1.165) is 0 Å². The van der Waals surface area contributed by atoms with Crippen molar-refractivity contribution in [1.82, 2.24) is 10.5 Å². The summed E-state index contributed by atoms with van der Waals surface area (Å²) in [6.07, 6.45) is 0.950. The molecule has 0 fully saturated rings. The number of nitrogens with zero attached hydrogens (tertiary/aromatic N) is 1. The second kappa shape index (κ2) is 4.49. The minimum Gasteiger partial charge on any atom is -0.447 e. The van der Waals surface area contributed by atoms with Crippen LogP contribution in [0.4, 0.5) is 4.79 Å². The lowest BCUT2D eigenvalue weighted by molar-refractivity contribution is 0.114. The molecule has 0 saturated heterocycles. The van der Waals surface area contributed by atoms with Gasteiger partial charge in [0, 0.05) is 6.07 Å². The first-order chi connectivity index (χ1) is 6.18. The van der Waals surface area contributed by atoms with Crippen LogP contribution in [0.25, 0.3) is 0 Å². The Morgan fingerprint density at radius 3 is 3.08 bits per heavy atom. The number of nitrogens with one attached hydrogen (secondary N) is 1. The molecule has 0 aliphatic heterocycles. The average molecular weight is 184 g/mol. The lowest BCUT2D eigenvalue weighted by atomic mass is 10.4. The molecule has 0 saturated carbocycles. The Morgan fingerprint density at radius 1 is 1.77 bits per heavy atom. The molecule has 0 bridgehead atoms. The monoisotopic (exact) mass is 184 g/mol. The molecule has 13 heavy (non-hydrogen) atoms. The van der Waals surface area contributed by atoms with Gasteiger partial charge in [0.2, 0.25) is 0 Å². The van der Waals surface area contributed by atoms with Gasteiger partial charge in [-0.2, -0.15) is 0 Å². The summed E-state index contributed by atoms with van der Waals surface area (Å²) in [5.41, 5.74) is 0. The molecule has 5 heteroatoms. The van der Waals surface area contributed by atoms with Gasteiger partial charge in [-0.1, -0.05) is 5.16 Å². The molecular weight excluding hydrogens is 172 g/mol. The Labute approximate surface area is 76.0 Å². The highest BCUT2D eigenvalue weighted by Crippen LogP contribution is 1.96. The van der Waals surface area contributed by atoms with E-state index >= 15 is 0 Å². The van der Waals surface area contributed by atoms with Gasteiger partial charge in [-0.25, -0.2) is 4.79 Å². The van der Waals surface area contributed by atoms with Crippen molar-refractivity contribution in [2.75, 3.05) is 0 Å². The van der Waals surface area contributed by atoms with Crippen LogP contribution in [-0.2, 0) is 11.3 Å². The van der Waals surface area contributed by atoms with Crippen LogP contribution in [0.3, 0.4) is 0 Å². The topological polar surface area (TPSA) is 64.4 Å². The third-order valence-corrected chi connectivity index (χ3v) is 1.24. The zero-order chi connectivity index (χ0) is 9.68. The molecule has 1 rings (SSSR count). The van der Waals surface area contributed by atoms with Gasteiger partial charge >= 0.3 is 6.09 Å². The smallest absolute Gasteiger partial charge is 0.407 e. The molecule has 1 aromatic rings. The summed E-state index contributed by atoms with van der Waals surface area (Å²) in [4.78, 5) is 11.0. The number of carbonyl (C=O) groups is 1. The maximum absolute atomic E-state index is 11.0. The summed E-state index contributed by atoms with van der Waals surface area (Å²) in [6, 6.07) is 1.68. The van der Waals surface area contributed by atoms with E-state index in [1.54, 1.807) is 19.9 Å². The van der Waals surface area contributed by atoms with Crippen molar-refractivity contribution < 1.29 is 14.1 Å². The highest BCUT2D eigenvalue weighted by Gasteiger charge is 2.05. The van der Waals surface area contributed by atoms with Crippen molar-refractivity contribution in [3.8, 4) is 0 Å². The third-order valence-electron chi connectivity index (χ3n) is 1.24. The Hall–Kier alpha value is -1.52. The number of hydrogen-bond acceptors (Lipinski definition) is 4. The molecule has 0 aromatic carbocycles. The second-order valence-electron chi connectivity index (χ2n) is 2.79. The van der Waals surface area contributed by atoms with Gasteiger partial charge in [0.05, 0.1) is 18.8 Å². The largest absolute Gasteiger partial charge is 0.447 e.